The van der Waals surface area contributed by atoms with Gasteiger partial charge in [-0.2, -0.15) is 0 Å². The Morgan fingerprint density at radius 3 is 2.39 bits per heavy atom. The molecule has 0 aromatic carbocycles. The summed E-state index contributed by atoms with van der Waals surface area (Å²) in [6.07, 6.45) is 10.9. The number of hydrogen-bond acceptors (Lipinski definition) is 4. The Balaban J connectivity index is 1.49. The van der Waals surface area contributed by atoms with Gasteiger partial charge in [-0.15, -0.1) is 0 Å². The van der Waals surface area contributed by atoms with Gasteiger partial charge in [0.15, 0.2) is 8.32 Å². The summed E-state index contributed by atoms with van der Waals surface area (Å²) in [7, 11) is -0.0731. The van der Waals surface area contributed by atoms with Gasteiger partial charge in [0.25, 0.3) is 0 Å². The van der Waals surface area contributed by atoms with Gasteiger partial charge in [-0.05, 0) is 111 Å². The maximum Gasteiger partial charge on any atom is 0.305 e. The Kier molecular flexibility index (Phi) is 6.99. The van der Waals surface area contributed by atoms with Crippen molar-refractivity contribution in [1.29, 1.82) is 0 Å². The number of ether oxygens (including phenoxy) is 1. The van der Waals surface area contributed by atoms with Gasteiger partial charge in [0.2, 0.25) is 0 Å². The summed E-state index contributed by atoms with van der Waals surface area (Å²) < 4.78 is 11.4. The van der Waals surface area contributed by atoms with Gasteiger partial charge in [-0.25, -0.2) is 0 Å². The minimum absolute atomic E-state index is 0.0969. The number of methoxy groups -OCH3 is 1. The van der Waals surface area contributed by atoms with Crippen molar-refractivity contribution < 1.29 is 18.8 Å². The molecule has 0 saturated heterocycles. The smallest absolute Gasteiger partial charge is 0.305 e. The standard InChI is InChI=1S/C28H48O4Si/c1-18(8-11-25(30)31-4)21-9-10-22-26-23(13-15-28(21,22)3)27(2)14-12-20(32-33(5,6)7)16-19(27)17-24(26)29/h18-23,26H,8-17H2,1-7H3/t18-,19+,20?,21-,22+,23+,26+,27+,28-/m1/s1. The monoisotopic (exact) mass is 476 g/mol. The lowest BCUT2D eigenvalue weighted by Gasteiger charge is -2.60. The zero-order valence-electron chi connectivity index (χ0n) is 22.2. The molecular formula is C28H48O4Si. The van der Waals surface area contributed by atoms with E-state index in [1.54, 1.807) is 0 Å². The van der Waals surface area contributed by atoms with E-state index < -0.39 is 8.32 Å². The highest BCUT2D eigenvalue weighted by atomic mass is 28.4. The second-order valence-electron chi connectivity index (χ2n) is 13.6. The molecule has 0 amide bonds. The summed E-state index contributed by atoms with van der Waals surface area (Å²) in [5.41, 5.74) is 0.543. The van der Waals surface area contributed by atoms with E-state index in [1.807, 2.05) is 0 Å². The second kappa shape index (κ2) is 9.08. The molecule has 0 aliphatic heterocycles. The molecule has 0 aromatic heterocycles. The Labute approximate surface area is 203 Å². The highest BCUT2D eigenvalue weighted by Gasteiger charge is 2.63. The number of Topliss-reactive ketones (excluding diaryl/α,β-unsaturated/α-hetero) is 1. The number of fused-ring (bicyclic) bond motifs is 5. The number of ketones is 1. The van der Waals surface area contributed by atoms with Gasteiger partial charge in [-0.3, -0.25) is 9.59 Å². The van der Waals surface area contributed by atoms with Gasteiger partial charge >= 0.3 is 5.97 Å². The highest BCUT2D eigenvalue weighted by Crippen LogP contribution is 2.67. The molecule has 0 radical (unpaired) electrons. The molecule has 5 heteroatoms. The van der Waals surface area contributed by atoms with Crippen LogP contribution in [0.1, 0.15) is 85.0 Å². The maximum atomic E-state index is 13.7. The van der Waals surface area contributed by atoms with Crippen LogP contribution in [0, 0.1) is 46.3 Å². The molecule has 4 fully saturated rings. The van der Waals surface area contributed by atoms with Gasteiger partial charge in [0.1, 0.15) is 5.78 Å². The molecule has 33 heavy (non-hydrogen) atoms. The van der Waals surface area contributed by atoms with Crippen molar-refractivity contribution in [3.63, 3.8) is 0 Å². The van der Waals surface area contributed by atoms with Crippen molar-refractivity contribution >= 4 is 20.1 Å². The maximum absolute atomic E-state index is 13.7. The fourth-order valence-corrected chi connectivity index (χ4v) is 10.3. The average Bonchev–Trinajstić information content (AvgIpc) is 3.09. The summed E-state index contributed by atoms with van der Waals surface area (Å²) in [4.78, 5) is 25.5. The van der Waals surface area contributed by atoms with Gasteiger partial charge < -0.3 is 9.16 Å². The van der Waals surface area contributed by atoms with E-state index in [1.165, 1.54) is 45.6 Å². The zero-order chi connectivity index (χ0) is 24.2. The largest absolute Gasteiger partial charge is 0.469 e. The van der Waals surface area contributed by atoms with Crippen molar-refractivity contribution in [3.8, 4) is 0 Å². The SMILES string of the molecule is COC(=O)CC[C@@H](C)[C@H]1CC[C@H]2[C@@H]3C(=O)C[C@@H]4CC(O[Si](C)(C)C)CC[C@]4(C)[C@H]3CC[C@]12C. The molecular weight excluding hydrogens is 428 g/mol. The number of esters is 1. The van der Waals surface area contributed by atoms with Crippen LogP contribution in [0.15, 0.2) is 0 Å². The van der Waals surface area contributed by atoms with Crippen LogP contribution >= 0.6 is 0 Å². The average molecular weight is 477 g/mol. The second-order valence-corrected chi connectivity index (χ2v) is 18.0. The summed E-state index contributed by atoms with van der Waals surface area (Å²) in [5, 5.41) is 0. The molecule has 4 rings (SSSR count). The Morgan fingerprint density at radius 1 is 1.06 bits per heavy atom. The van der Waals surface area contributed by atoms with Crippen LogP contribution in [0.4, 0.5) is 0 Å². The van der Waals surface area contributed by atoms with E-state index in [2.05, 4.69) is 40.4 Å². The van der Waals surface area contributed by atoms with Crippen LogP contribution in [0.25, 0.3) is 0 Å². The number of carbonyl (C=O) groups excluding carboxylic acids is 2. The lowest BCUT2D eigenvalue weighted by Crippen LogP contribution is -2.57. The first-order valence-corrected chi connectivity index (χ1v) is 17.1. The normalized spacial score (nSPS) is 43.9. The third kappa shape index (κ3) is 4.62. The lowest BCUT2D eigenvalue weighted by molar-refractivity contribution is -0.160. The topological polar surface area (TPSA) is 52.6 Å². The minimum Gasteiger partial charge on any atom is -0.469 e. The predicted molar refractivity (Wildman–Crippen MR) is 134 cm³/mol. The van der Waals surface area contributed by atoms with Crippen LogP contribution in [-0.4, -0.2) is 33.3 Å². The molecule has 0 aromatic rings. The summed E-state index contributed by atoms with van der Waals surface area (Å²) in [6, 6.07) is 0. The van der Waals surface area contributed by atoms with E-state index in [0.29, 0.717) is 53.3 Å². The molecule has 0 N–H and O–H groups in total. The first-order chi connectivity index (χ1) is 15.4. The van der Waals surface area contributed by atoms with Crippen molar-refractivity contribution in [2.24, 2.45) is 46.3 Å². The molecule has 4 aliphatic carbocycles. The van der Waals surface area contributed by atoms with Crippen LogP contribution in [-0.2, 0) is 18.8 Å². The molecule has 0 heterocycles. The Hall–Kier alpha value is -0.683. The molecule has 4 saturated carbocycles. The van der Waals surface area contributed by atoms with Crippen molar-refractivity contribution in [3.05, 3.63) is 0 Å². The van der Waals surface area contributed by atoms with E-state index in [9.17, 15) is 9.59 Å². The quantitative estimate of drug-likeness (QED) is 0.319. The minimum atomic E-state index is -1.55. The first kappa shape index (κ1) is 25.4. The van der Waals surface area contributed by atoms with Gasteiger partial charge in [0, 0.05) is 24.9 Å². The Bertz CT molecular complexity index is 759. The summed E-state index contributed by atoms with van der Waals surface area (Å²) in [5.74, 6) is 3.44. The number of hydrogen-bond donors (Lipinski definition) is 0. The third-order valence-electron chi connectivity index (χ3n) is 10.7. The number of carbonyl (C=O) groups is 2. The van der Waals surface area contributed by atoms with Crippen LogP contribution < -0.4 is 0 Å². The van der Waals surface area contributed by atoms with Crippen molar-refractivity contribution in [2.45, 2.75) is 111 Å². The van der Waals surface area contributed by atoms with E-state index >= 15 is 0 Å². The molecule has 188 valence electrons. The molecule has 1 unspecified atom stereocenters. The molecule has 0 bridgehead atoms. The third-order valence-corrected chi connectivity index (χ3v) is 11.8. The van der Waals surface area contributed by atoms with Crippen molar-refractivity contribution in [1.82, 2.24) is 0 Å². The van der Waals surface area contributed by atoms with Gasteiger partial charge in [0.05, 0.1) is 7.11 Å². The van der Waals surface area contributed by atoms with Crippen LogP contribution in [0.2, 0.25) is 19.6 Å². The molecule has 4 nitrogen and oxygen atoms in total. The van der Waals surface area contributed by atoms with Crippen molar-refractivity contribution in [2.75, 3.05) is 7.11 Å². The fourth-order valence-electron chi connectivity index (χ4n) is 9.12. The highest BCUT2D eigenvalue weighted by molar-refractivity contribution is 6.69. The molecule has 9 atom stereocenters. The lowest BCUT2D eigenvalue weighted by atomic mass is 9.44. The molecule has 4 aliphatic rings. The Morgan fingerprint density at radius 2 is 1.73 bits per heavy atom. The van der Waals surface area contributed by atoms with Crippen LogP contribution in [0.3, 0.4) is 0 Å². The summed E-state index contributed by atoms with van der Waals surface area (Å²) >= 11 is 0. The zero-order valence-corrected chi connectivity index (χ0v) is 23.2. The number of rotatable bonds is 6. The fraction of sp³-hybridized carbons (Fsp3) is 0.929. The summed E-state index contributed by atoms with van der Waals surface area (Å²) in [6.45, 7) is 14.2. The van der Waals surface area contributed by atoms with E-state index in [-0.39, 0.29) is 17.3 Å². The van der Waals surface area contributed by atoms with Gasteiger partial charge in [-0.1, -0.05) is 20.8 Å². The first-order valence-electron chi connectivity index (χ1n) is 13.7. The van der Waals surface area contributed by atoms with E-state index in [4.69, 9.17) is 9.16 Å². The van der Waals surface area contributed by atoms with E-state index in [0.717, 1.165) is 19.3 Å². The van der Waals surface area contributed by atoms with Crippen LogP contribution in [0.5, 0.6) is 0 Å². The molecule has 0 spiro atoms. The predicted octanol–water partition coefficient (Wildman–Crippen LogP) is 6.63.